The third-order valence-corrected chi connectivity index (χ3v) is 6.45. The van der Waals surface area contributed by atoms with Crippen LogP contribution in [0, 0.1) is 0 Å². The third-order valence-electron chi connectivity index (χ3n) is 6.45. The minimum absolute atomic E-state index is 0.151. The fourth-order valence-electron chi connectivity index (χ4n) is 5.70. The van der Waals surface area contributed by atoms with Crippen LogP contribution in [0.4, 0.5) is 0 Å². The summed E-state index contributed by atoms with van der Waals surface area (Å²) in [5.74, 6) is 0. The van der Waals surface area contributed by atoms with Gasteiger partial charge in [0.15, 0.2) is 0 Å². The first kappa shape index (κ1) is 10.9. The summed E-state index contributed by atoms with van der Waals surface area (Å²) in [5, 5.41) is 0. The molecule has 5 rings (SSSR count). The van der Waals surface area contributed by atoms with Crippen LogP contribution < -0.4 is 0 Å². The van der Waals surface area contributed by atoms with Gasteiger partial charge < -0.3 is 4.74 Å². The van der Waals surface area contributed by atoms with Crippen LogP contribution in [0.15, 0.2) is 24.3 Å². The lowest BCUT2D eigenvalue weighted by atomic mass is 9.50. The second-order valence-electron chi connectivity index (χ2n) is 6.89. The number of fused-ring (bicyclic) bond motifs is 1. The first-order chi connectivity index (χ1) is 9.36. The molecule has 0 amide bonds. The van der Waals surface area contributed by atoms with Crippen molar-refractivity contribution >= 4 is 0 Å². The Bertz CT molecular complexity index is 538. The van der Waals surface area contributed by atoms with Crippen molar-refractivity contribution in [3.05, 3.63) is 35.4 Å². The van der Waals surface area contributed by atoms with Crippen molar-refractivity contribution in [2.24, 2.45) is 0 Å². The molecule has 4 aliphatic rings. The van der Waals surface area contributed by atoms with Crippen molar-refractivity contribution in [2.75, 3.05) is 13.3 Å². The molecule has 0 N–H and O–H groups in total. The number of ether oxygens (including phenoxy) is 1. The van der Waals surface area contributed by atoms with Gasteiger partial charge in [-0.05, 0) is 36.8 Å². The predicted octanol–water partition coefficient (Wildman–Crippen LogP) is 2.86. The zero-order valence-corrected chi connectivity index (χ0v) is 11.4. The van der Waals surface area contributed by atoms with Gasteiger partial charge in [0, 0.05) is 18.0 Å². The predicted molar refractivity (Wildman–Crippen MR) is 74.1 cm³/mol. The Morgan fingerprint density at radius 3 is 3.00 bits per heavy atom. The van der Waals surface area contributed by atoms with E-state index in [1.54, 1.807) is 11.1 Å². The summed E-state index contributed by atoms with van der Waals surface area (Å²) >= 11 is 0. The Morgan fingerprint density at radius 1 is 1.11 bits per heavy atom. The molecule has 3 fully saturated rings. The van der Waals surface area contributed by atoms with Gasteiger partial charge in [0.05, 0.1) is 5.60 Å². The summed E-state index contributed by atoms with van der Waals surface area (Å²) in [6.07, 6.45) is 7.87. The second-order valence-corrected chi connectivity index (χ2v) is 6.89. The Labute approximate surface area is 114 Å². The molecule has 1 spiro atoms. The molecule has 2 heterocycles. The van der Waals surface area contributed by atoms with E-state index < -0.39 is 0 Å². The van der Waals surface area contributed by atoms with Crippen molar-refractivity contribution in [2.45, 2.75) is 55.6 Å². The maximum atomic E-state index is 6.51. The molecule has 0 aromatic heterocycles. The highest BCUT2D eigenvalue weighted by atomic mass is 16.5. The van der Waals surface area contributed by atoms with Crippen molar-refractivity contribution in [3.8, 4) is 0 Å². The zero-order valence-electron chi connectivity index (χ0n) is 11.4. The van der Waals surface area contributed by atoms with Crippen LogP contribution in [0.25, 0.3) is 0 Å². The van der Waals surface area contributed by atoms with Crippen molar-refractivity contribution in [3.63, 3.8) is 0 Å². The van der Waals surface area contributed by atoms with Gasteiger partial charge in [0.1, 0.15) is 6.73 Å². The van der Waals surface area contributed by atoms with Crippen LogP contribution in [-0.2, 0) is 16.6 Å². The lowest BCUT2D eigenvalue weighted by Crippen LogP contribution is -2.68. The number of hydrogen-bond donors (Lipinski definition) is 0. The molecule has 1 aromatic carbocycles. The monoisotopic (exact) mass is 255 g/mol. The molecule has 2 aliphatic heterocycles. The van der Waals surface area contributed by atoms with Crippen LogP contribution in [0.1, 0.15) is 43.2 Å². The molecule has 2 saturated heterocycles. The van der Waals surface area contributed by atoms with E-state index >= 15 is 0 Å². The minimum atomic E-state index is 0.151. The number of nitrogens with zero attached hydrogens (tertiary/aromatic N) is 1. The molecule has 2 nitrogen and oxygen atoms in total. The topological polar surface area (TPSA) is 12.5 Å². The van der Waals surface area contributed by atoms with Gasteiger partial charge in [0.25, 0.3) is 0 Å². The lowest BCUT2D eigenvalue weighted by Gasteiger charge is -2.60. The van der Waals surface area contributed by atoms with E-state index in [0.29, 0.717) is 11.5 Å². The molecular weight excluding hydrogens is 234 g/mol. The maximum absolute atomic E-state index is 6.51. The molecule has 100 valence electrons. The Morgan fingerprint density at radius 2 is 2.00 bits per heavy atom. The molecule has 4 atom stereocenters. The molecule has 1 aromatic rings. The molecule has 2 aliphatic carbocycles. The molecule has 4 unspecified atom stereocenters. The highest BCUT2D eigenvalue weighted by Gasteiger charge is 2.67. The maximum Gasteiger partial charge on any atom is 0.100 e. The highest BCUT2D eigenvalue weighted by Crippen LogP contribution is 2.61. The third kappa shape index (κ3) is 1.09. The quantitative estimate of drug-likeness (QED) is 0.707. The van der Waals surface area contributed by atoms with E-state index in [2.05, 4.69) is 29.2 Å². The van der Waals surface area contributed by atoms with E-state index in [1.165, 1.54) is 45.1 Å². The van der Waals surface area contributed by atoms with Gasteiger partial charge in [-0.15, -0.1) is 0 Å². The summed E-state index contributed by atoms with van der Waals surface area (Å²) < 4.78 is 6.51. The summed E-state index contributed by atoms with van der Waals surface area (Å²) in [6, 6.07) is 9.85. The summed E-state index contributed by atoms with van der Waals surface area (Å²) in [5.41, 5.74) is 3.71. The fraction of sp³-hybridized carbons (Fsp3) is 0.647. The molecule has 19 heavy (non-hydrogen) atoms. The largest absolute Gasteiger partial charge is 0.357 e. The normalized spacial score (nSPS) is 46.5. The van der Waals surface area contributed by atoms with Crippen LogP contribution in [-0.4, -0.2) is 29.8 Å². The van der Waals surface area contributed by atoms with Crippen LogP contribution in [0.2, 0.25) is 0 Å². The molecule has 4 bridgehead atoms. The number of hydrogen-bond acceptors (Lipinski definition) is 2. The Balaban J connectivity index is 1.81. The lowest BCUT2D eigenvalue weighted by molar-refractivity contribution is -0.109. The standard InChI is InChI=1S/C17H21NO/c1-2-6-14-13(5-1)11-15-17-8-4-3-7-16(14,17)9-10-18(15)12-19-17/h1-2,5-6,15H,3-4,7-12H2. The number of piperidine rings is 1. The van der Waals surface area contributed by atoms with E-state index in [0.717, 1.165) is 6.73 Å². The van der Waals surface area contributed by atoms with E-state index in [1.807, 2.05) is 0 Å². The first-order valence-corrected chi connectivity index (χ1v) is 7.82. The van der Waals surface area contributed by atoms with Gasteiger partial charge in [-0.25, -0.2) is 0 Å². The van der Waals surface area contributed by atoms with Crippen LogP contribution >= 0.6 is 0 Å². The van der Waals surface area contributed by atoms with Gasteiger partial charge in [0.2, 0.25) is 0 Å². The molecular formula is C17H21NO. The van der Waals surface area contributed by atoms with E-state index in [9.17, 15) is 0 Å². The summed E-state index contributed by atoms with van der Waals surface area (Å²) in [7, 11) is 0. The van der Waals surface area contributed by atoms with Crippen LogP contribution in [0.5, 0.6) is 0 Å². The Hall–Kier alpha value is -0.860. The van der Waals surface area contributed by atoms with Crippen molar-refractivity contribution in [1.82, 2.24) is 4.90 Å². The first-order valence-electron chi connectivity index (χ1n) is 7.82. The molecule has 2 heteroatoms. The van der Waals surface area contributed by atoms with Crippen molar-refractivity contribution < 1.29 is 4.74 Å². The fourth-order valence-corrected chi connectivity index (χ4v) is 5.70. The summed E-state index contributed by atoms with van der Waals surface area (Å²) in [6.45, 7) is 2.11. The Kier molecular flexibility index (Phi) is 1.96. The van der Waals surface area contributed by atoms with E-state index in [4.69, 9.17) is 4.74 Å². The van der Waals surface area contributed by atoms with Gasteiger partial charge in [-0.1, -0.05) is 37.1 Å². The number of rotatable bonds is 0. The van der Waals surface area contributed by atoms with Gasteiger partial charge in [-0.2, -0.15) is 0 Å². The van der Waals surface area contributed by atoms with Gasteiger partial charge in [-0.3, -0.25) is 4.90 Å². The van der Waals surface area contributed by atoms with Crippen molar-refractivity contribution in [1.29, 1.82) is 0 Å². The zero-order chi connectivity index (χ0) is 12.5. The van der Waals surface area contributed by atoms with Gasteiger partial charge >= 0.3 is 0 Å². The molecule has 1 saturated carbocycles. The van der Waals surface area contributed by atoms with Crippen LogP contribution in [0.3, 0.4) is 0 Å². The smallest absolute Gasteiger partial charge is 0.100 e. The average molecular weight is 255 g/mol. The second kappa shape index (κ2) is 3.42. The minimum Gasteiger partial charge on any atom is -0.357 e. The highest BCUT2D eigenvalue weighted by molar-refractivity contribution is 5.45. The summed E-state index contributed by atoms with van der Waals surface area (Å²) in [4.78, 5) is 2.61. The molecule has 0 radical (unpaired) electrons. The number of benzene rings is 1. The SMILES string of the molecule is c1ccc2c(c1)CC1N3CCC24CCCCC14OC3. The van der Waals surface area contributed by atoms with E-state index in [-0.39, 0.29) is 5.60 Å². The average Bonchev–Trinajstić information content (AvgIpc) is 2.69.